The van der Waals surface area contributed by atoms with Gasteiger partial charge in [-0.05, 0) is 90.0 Å². The van der Waals surface area contributed by atoms with Gasteiger partial charge in [-0.15, -0.1) is 0 Å². The molecule has 0 spiro atoms. The molecule has 0 aliphatic carbocycles. The van der Waals surface area contributed by atoms with Gasteiger partial charge in [0.15, 0.2) is 0 Å². The highest BCUT2D eigenvalue weighted by Crippen LogP contribution is 2.31. The third kappa shape index (κ3) is 3.63. The highest BCUT2D eigenvalue weighted by Gasteiger charge is 2.09. The molecule has 0 heterocycles. The lowest BCUT2D eigenvalue weighted by atomic mass is 9.96. The third-order valence-electron chi connectivity index (χ3n) is 4.86. The second-order valence-corrected chi connectivity index (χ2v) is 6.79. The largest absolute Gasteiger partial charge is 0.490 e. The average Bonchev–Trinajstić information content (AvgIpc) is 2.61. The SMILES string of the molecule is CCc1cc(-c2ccc3c(C)cc(N)cc3c2)ccc1OC(C)CC. The number of hydrogen-bond acceptors (Lipinski definition) is 2. The molecule has 2 heteroatoms. The van der Waals surface area contributed by atoms with E-state index in [-0.39, 0.29) is 6.10 Å². The van der Waals surface area contributed by atoms with Crippen molar-refractivity contribution < 1.29 is 4.74 Å². The molecule has 0 amide bonds. The van der Waals surface area contributed by atoms with Gasteiger partial charge in [0.25, 0.3) is 0 Å². The number of ether oxygens (including phenoxy) is 1. The Hall–Kier alpha value is -2.48. The molecule has 3 rings (SSSR count). The lowest BCUT2D eigenvalue weighted by molar-refractivity contribution is 0.215. The van der Waals surface area contributed by atoms with Gasteiger partial charge in [-0.2, -0.15) is 0 Å². The van der Waals surface area contributed by atoms with Crippen LogP contribution >= 0.6 is 0 Å². The Labute approximate surface area is 150 Å². The quantitative estimate of drug-likeness (QED) is 0.569. The van der Waals surface area contributed by atoms with Crippen molar-refractivity contribution in [2.24, 2.45) is 0 Å². The zero-order valence-electron chi connectivity index (χ0n) is 15.6. The molecule has 0 aliphatic rings. The predicted octanol–water partition coefficient (Wildman–Crippen LogP) is 6.14. The van der Waals surface area contributed by atoms with E-state index in [9.17, 15) is 0 Å². The summed E-state index contributed by atoms with van der Waals surface area (Å²) in [7, 11) is 0. The van der Waals surface area contributed by atoms with Crippen LogP contribution in [0.3, 0.4) is 0 Å². The second-order valence-electron chi connectivity index (χ2n) is 6.79. The Balaban J connectivity index is 2.02. The molecule has 0 saturated carbocycles. The number of rotatable bonds is 5. The highest BCUT2D eigenvalue weighted by atomic mass is 16.5. The van der Waals surface area contributed by atoms with Crippen molar-refractivity contribution in [3.8, 4) is 16.9 Å². The van der Waals surface area contributed by atoms with Crippen molar-refractivity contribution in [2.75, 3.05) is 5.73 Å². The number of benzene rings is 3. The van der Waals surface area contributed by atoms with Crippen LogP contribution in [0.15, 0.2) is 48.5 Å². The van der Waals surface area contributed by atoms with Gasteiger partial charge in [0, 0.05) is 5.69 Å². The third-order valence-corrected chi connectivity index (χ3v) is 4.86. The van der Waals surface area contributed by atoms with Crippen molar-refractivity contribution >= 4 is 16.5 Å². The average molecular weight is 333 g/mol. The highest BCUT2D eigenvalue weighted by molar-refractivity contribution is 5.92. The van der Waals surface area contributed by atoms with Crippen molar-refractivity contribution in [1.29, 1.82) is 0 Å². The Morgan fingerprint density at radius 3 is 2.40 bits per heavy atom. The van der Waals surface area contributed by atoms with Crippen LogP contribution in [0.1, 0.15) is 38.3 Å². The molecule has 130 valence electrons. The van der Waals surface area contributed by atoms with E-state index in [0.29, 0.717) is 0 Å². The Bertz CT molecular complexity index is 898. The zero-order valence-corrected chi connectivity index (χ0v) is 15.6. The summed E-state index contributed by atoms with van der Waals surface area (Å²) in [5.41, 5.74) is 11.7. The molecular weight excluding hydrogens is 306 g/mol. The van der Waals surface area contributed by atoms with Crippen molar-refractivity contribution in [3.63, 3.8) is 0 Å². The maximum absolute atomic E-state index is 6.06. The normalized spacial score (nSPS) is 12.3. The first-order valence-electron chi connectivity index (χ1n) is 9.11. The van der Waals surface area contributed by atoms with Gasteiger partial charge >= 0.3 is 0 Å². The molecule has 1 atom stereocenters. The standard InChI is InChI=1S/C23H27NO/c1-5-16(4)25-23-10-8-19(12-17(23)6-2)18-7-9-22-15(3)11-21(24)14-20(22)13-18/h7-14,16H,5-6,24H2,1-4H3. The minimum absolute atomic E-state index is 0.239. The molecule has 0 fully saturated rings. The number of nitrogens with two attached hydrogens (primary N) is 1. The first kappa shape index (κ1) is 17.3. The van der Waals surface area contributed by atoms with Gasteiger partial charge < -0.3 is 10.5 Å². The second kappa shape index (κ2) is 7.18. The lowest BCUT2D eigenvalue weighted by Crippen LogP contribution is -2.11. The van der Waals surface area contributed by atoms with Crippen molar-refractivity contribution in [1.82, 2.24) is 0 Å². The summed E-state index contributed by atoms with van der Waals surface area (Å²) in [6, 6.07) is 17.2. The topological polar surface area (TPSA) is 35.2 Å². The van der Waals surface area contributed by atoms with Crippen LogP contribution in [-0.4, -0.2) is 6.10 Å². The number of nitrogen functional groups attached to an aromatic ring is 1. The number of fused-ring (bicyclic) bond motifs is 1. The summed E-state index contributed by atoms with van der Waals surface area (Å²) < 4.78 is 6.06. The molecule has 2 N–H and O–H groups in total. The maximum atomic E-state index is 6.06. The van der Waals surface area contributed by atoms with E-state index in [1.54, 1.807) is 0 Å². The van der Waals surface area contributed by atoms with Crippen molar-refractivity contribution in [2.45, 2.75) is 46.6 Å². The molecule has 0 aromatic heterocycles. The molecule has 3 aromatic carbocycles. The molecule has 1 unspecified atom stereocenters. The summed E-state index contributed by atoms with van der Waals surface area (Å²) >= 11 is 0. The summed E-state index contributed by atoms with van der Waals surface area (Å²) in [4.78, 5) is 0. The van der Waals surface area contributed by atoms with E-state index in [4.69, 9.17) is 10.5 Å². The minimum Gasteiger partial charge on any atom is -0.490 e. The molecule has 25 heavy (non-hydrogen) atoms. The van der Waals surface area contributed by atoms with Gasteiger partial charge in [0.05, 0.1) is 6.10 Å². The minimum atomic E-state index is 0.239. The molecule has 3 aromatic rings. The van der Waals surface area contributed by atoms with Crippen LogP contribution in [-0.2, 0) is 6.42 Å². The van der Waals surface area contributed by atoms with Crippen LogP contribution in [0, 0.1) is 6.92 Å². The molecule has 0 saturated heterocycles. The summed E-state index contributed by atoms with van der Waals surface area (Å²) in [6.07, 6.45) is 2.21. The van der Waals surface area contributed by atoms with E-state index in [0.717, 1.165) is 24.3 Å². The molecular formula is C23H27NO. The van der Waals surface area contributed by atoms with Crippen LogP contribution < -0.4 is 10.5 Å². The maximum Gasteiger partial charge on any atom is 0.122 e. The van der Waals surface area contributed by atoms with Crippen LogP contribution in [0.25, 0.3) is 21.9 Å². The van der Waals surface area contributed by atoms with E-state index in [2.05, 4.69) is 64.1 Å². The number of hydrogen-bond donors (Lipinski definition) is 1. The Morgan fingerprint density at radius 2 is 1.68 bits per heavy atom. The fourth-order valence-corrected chi connectivity index (χ4v) is 3.22. The lowest BCUT2D eigenvalue weighted by Gasteiger charge is -2.17. The van der Waals surface area contributed by atoms with Gasteiger partial charge in [0.2, 0.25) is 0 Å². The first-order chi connectivity index (χ1) is 12.0. The van der Waals surface area contributed by atoms with E-state index >= 15 is 0 Å². The fraction of sp³-hybridized carbons (Fsp3) is 0.304. The van der Waals surface area contributed by atoms with E-state index in [1.807, 2.05) is 12.1 Å². The zero-order chi connectivity index (χ0) is 18.0. The van der Waals surface area contributed by atoms with Gasteiger partial charge in [-0.1, -0.05) is 32.0 Å². The Kier molecular flexibility index (Phi) is 4.98. The monoisotopic (exact) mass is 333 g/mol. The van der Waals surface area contributed by atoms with Crippen LogP contribution in [0.4, 0.5) is 5.69 Å². The van der Waals surface area contributed by atoms with Gasteiger partial charge in [0.1, 0.15) is 5.75 Å². The summed E-state index contributed by atoms with van der Waals surface area (Å²) in [6.45, 7) is 8.54. The van der Waals surface area contributed by atoms with Crippen LogP contribution in [0.5, 0.6) is 5.75 Å². The predicted molar refractivity (Wildman–Crippen MR) is 108 cm³/mol. The fourth-order valence-electron chi connectivity index (χ4n) is 3.22. The van der Waals surface area contributed by atoms with E-state index < -0.39 is 0 Å². The summed E-state index contributed by atoms with van der Waals surface area (Å²) in [5, 5.41) is 2.44. The summed E-state index contributed by atoms with van der Waals surface area (Å²) in [5.74, 6) is 1.00. The Morgan fingerprint density at radius 1 is 0.960 bits per heavy atom. The number of aryl methyl sites for hydroxylation is 2. The molecule has 0 aliphatic heterocycles. The van der Waals surface area contributed by atoms with Crippen molar-refractivity contribution in [3.05, 3.63) is 59.7 Å². The molecule has 2 nitrogen and oxygen atoms in total. The van der Waals surface area contributed by atoms with Gasteiger partial charge in [-0.25, -0.2) is 0 Å². The smallest absolute Gasteiger partial charge is 0.122 e. The van der Waals surface area contributed by atoms with Gasteiger partial charge in [-0.3, -0.25) is 0 Å². The number of anilines is 1. The first-order valence-corrected chi connectivity index (χ1v) is 9.11. The molecule has 0 bridgehead atoms. The van der Waals surface area contributed by atoms with Crippen LogP contribution in [0.2, 0.25) is 0 Å². The molecule has 0 radical (unpaired) electrons. The van der Waals surface area contributed by atoms with E-state index in [1.165, 1.54) is 33.0 Å².